The van der Waals surface area contributed by atoms with Gasteiger partial charge in [-0.1, -0.05) is 11.6 Å². The third-order valence-electron chi connectivity index (χ3n) is 5.41. The van der Waals surface area contributed by atoms with Gasteiger partial charge in [-0.3, -0.25) is 4.98 Å². The van der Waals surface area contributed by atoms with Crippen molar-refractivity contribution in [1.82, 2.24) is 15.0 Å². The third-order valence-corrected chi connectivity index (χ3v) is 7.91. The molecule has 2 aliphatic rings. The maximum Gasteiger partial charge on any atom is 0.223 e. The van der Waals surface area contributed by atoms with Crippen LogP contribution in [0.25, 0.3) is 0 Å². The van der Waals surface area contributed by atoms with Crippen LogP contribution in [0.4, 0.5) is 11.8 Å². The molecule has 0 bridgehead atoms. The van der Waals surface area contributed by atoms with Crippen molar-refractivity contribution in [1.29, 1.82) is 0 Å². The Morgan fingerprint density at radius 1 is 1.38 bits per heavy atom. The van der Waals surface area contributed by atoms with Crippen molar-refractivity contribution >= 4 is 34.5 Å². The Labute approximate surface area is 179 Å². The van der Waals surface area contributed by atoms with Gasteiger partial charge in [-0.05, 0) is 26.8 Å². The fraction of sp³-hybridized carbons (Fsp3) is 0.550. The smallest absolute Gasteiger partial charge is 0.223 e. The Morgan fingerprint density at radius 3 is 2.93 bits per heavy atom. The van der Waals surface area contributed by atoms with E-state index in [2.05, 4.69) is 46.9 Å². The van der Waals surface area contributed by atoms with Crippen LogP contribution in [-0.4, -0.2) is 45.7 Å². The van der Waals surface area contributed by atoms with Gasteiger partial charge >= 0.3 is 0 Å². The van der Waals surface area contributed by atoms with Crippen molar-refractivity contribution in [2.45, 2.75) is 44.4 Å². The van der Waals surface area contributed by atoms with E-state index in [0.717, 1.165) is 35.8 Å². The summed E-state index contributed by atoms with van der Waals surface area (Å²) in [6.45, 7) is 9.19. The average molecular weight is 437 g/mol. The molecule has 2 aromatic rings. The molecule has 7 nitrogen and oxygen atoms in total. The number of nitrogen functional groups attached to an aromatic ring is 1. The molecule has 4 heterocycles. The zero-order valence-corrected chi connectivity index (χ0v) is 18.8. The number of aromatic nitrogens is 3. The van der Waals surface area contributed by atoms with Gasteiger partial charge < -0.3 is 15.4 Å². The second-order valence-electron chi connectivity index (χ2n) is 8.37. The number of hydrogen-bond donors (Lipinski definition) is 1. The van der Waals surface area contributed by atoms with Crippen molar-refractivity contribution in [3.63, 3.8) is 0 Å². The molecule has 0 saturated carbocycles. The number of nitrogens with zero attached hydrogens (tertiary/aromatic N) is 4. The fourth-order valence-electron chi connectivity index (χ4n) is 3.62. The highest BCUT2D eigenvalue weighted by Gasteiger charge is 2.38. The number of pyridine rings is 1. The Balaban J connectivity index is 1.60. The summed E-state index contributed by atoms with van der Waals surface area (Å²) in [5, 5.41) is 0.407. The summed E-state index contributed by atoms with van der Waals surface area (Å²) in [4.78, 5) is 15.5. The van der Waals surface area contributed by atoms with Crippen LogP contribution in [0.3, 0.4) is 0 Å². The molecule has 2 atom stereocenters. The highest BCUT2D eigenvalue weighted by atomic mass is 35.5. The molecule has 2 aromatic heterocycles. The molecule has 0 aliphatic carbocycles. The summed E-state index contributed by atoms with van der Waals surface area (Å²) in [7, 11) is 0. The van der Waals surface area contributed by atoms with Crippen LogP contribution in [0, 0.1) is 0 Å². The largest absolute Gasteiger partial charge is 0.493 e. The summed E-state index contributed by atoms with van der Waals surface area (Å²) < 4.78 is 12.0. The third kappa shape index (κ3) is 4.11. The summed E-state index contributed by atoms with van der Waals surface area (Å²) in [5.74, 6) is 1.97. The maximum absolute atomic E-state index is 6.49. The molecule has 0 saturated heterocycles. The van der Waals surface area contributed by atoms with Crippen LogP contribution < -0.4 is 15.4 Å². The van der Waals surface area contributed by atoms with E-state index in [4.69, 9.17) is 26.3 Å². The fourth-order valence-corrected chi connectivity index (χ4v) is 4.66. The number of fused-ring (bicyclic) bond motifs is 2. The molecule has 2 aliphatic heterocycles. The van der Waals surface area contributed by atoms with Crippen LogP contribution in [0.5, 0.6) is 5.75 Å². The lowest BCUT2D eigenvalue weighted by molar-refractivity contribution is 0.325. The number of hydrogen-bond acceptors (Lipinski definition) is 7. The van der Waals surface area contributed by atoms with Crippen molar-refractivity contribution < 1.29 is 8.92 Å². The zero-order valence-electron chi connectivity index (χ0n) is 17.2. The van der Waals surface area contributed by atoms with E-state index in [1.165, 1.54) is 5.56 Å². The highest BCUT2D eigenvalue weighted by Crippen LogP contribution is 2.41. The molecule has 156 valence electrons. The van der Waals surface area contributed by atoms with Gasteiger partial charge in [-0.2, -0.15) is 9.17 Å². The Kier molecular flexibility index (Phi) is 5.52. The Hall–Kier alpha value is -1.77. The van der Waals surface area contributed by atoms with E-state index >= 15 is 0 Å². The molecule has 29 heavy (non-hydrogen) atoms. The van der Waals surface area contributed by atoms with Gasteiger partial charge in [-0.15, -0.1) is 0 Å². The molecule has 9 heteroatoms. The van der Waals surface area contributed by atoms with E-state index in [0.29, 0.717) is 24.9 Å². The Bertz CT molecular complexity index is 920. The van der Waals surface area contributed by atoms with Gasteiger partial charge in [0.2, 0.25) is 5.95 Å². The first kappa shape index (κ1) is 20.5. The second kappa shape index (κ2) is 7.81. The van der Waals surface area contributed by atoms with Gasteiger partial charge in [0.05, 0.1) is 18.8 Å². The highest BCUT2D eigenvalue weighted by molar-refractivity contribution is 7.93. The van der Waals surface area contributed by atoms with E-state index < -0.39 is 0 Å². The quantitative estimate of drug-likeness (QED) is 0.569. The first-order valence-electron chi connectivity index (χ1n) is 9.70. The lowest BCUT2D eigenvalue weighted by atomic mass is 10.1. The predicted octanol–water partition coefficient (Wildman–Crippen LogP) is 3.12. The molecule has 2 unspecified atom stereocenters. The monoisotopic (exact) mass is 436 g/mol. The normalized spacial score (nSPS) is 19.1. The summed E-state index contributed by atoms with van der Waals surface area (Å²) >= 11 is 6.31. The molecule has 0 aromatic carbocycles. The lowest BCUT2D eigenvalue weighted by Gasteiger charge is -2.20. The van der Waals surface area contributed by atoms with Crippen LogP contribution in [-0.2, 0) is 28.3 Å². The molecular formula is C20H27ClN5O2S+. The van der Waals surface area contributed by atoms with E-state index in [-0.39, 0.29) is 27.8 Å². The van der Waals surface area contributed by atoms with Crippen LogP contribution in [0.1, 0.15) is 43.5 Å². The minimum Gasteiger partial charge on any atom is -0.493 e. The number of ether oxygens (including phenoxy) is 1. The first-order chi connectivity index (χ1) is 13.7. The number of nitrogens with two attached hydrogens (primary N) is 1. The maximum atomic E-state index is 6.49. The van der Waals surface area contributed by atoms with E-state index in [1.54, 1.807) is 6.20 Å². The molecule has 0 spiro atoms. The van der Waals surface area contributed by atoms with Crippen molar-refractivity contribution in [2.75, 3.05) is 36.6 Å². The molecule has 0 amide bonds. The molecule has 0 radical (unpaired) electrons. The van der Waals surface area contributed by atoms with Crippen molar-refractivity contribution in [2.24, 2.45) is 0 Å². The molecule has 4 rings (SSSR count). The lowest BCUT2D eigenvalue weighted by Crippen LogP contribution is -2.31. The van der Waals surface area contributed by atoms with Gasteiger partial charge in [0.25, 0.3) is 0 Å². The standard InChI is InChI=1S/C20H27ClN5O2S/c1-20(2,3)29(4)28-11-12-9-26(18-16(12)17(21)24-19(22)25-18)10-14-13-6-8-27-15(13)5-7-23-14/h5,7,12H,6,8-11H2,1-4H3,(H2,22,24,25)/q+1. The molecule has 2 N–H and O–H groups in total. The summed E-state index contributed by atoms with van der Waals surface area (Å²) in [5.41, 5.74) is 8.99. The van der Waals surface area contributed by atoms with Crippen molar-refractivity contribution in [3.8, 4) is 5.75 Å². The summed E-state index contributed by atoms with van der Waals surface area (Å²) in [6.07, 6.45) is 4.80. The van der Waals surface area contributed by atoms with Gasteiger partial charge in [0, 0.05) is 36.2 Å². The topological polar surface area (TPSA) is 86.4 Å². The van der Waals surface area contributed by atoms with Crippen molar-refractivity contribution in [3.05, 3.63) is 34.2 Å². The molecular weight excluding hydrogens is 410 g/mol. The Morgan fingerprint density at radius 2 is 2.17 bits per heavy atom. The minimum absolute atomic E-state index is 0.0865. The van der Waals surface area contributed by atoms with Crippen LogP contribution in [0.15, 0.2) is 12.3 Å². The van der Waals surface area contributed by atoms with Crippen LogP contribution >= 0.6 is 11.6 Å². The number of anilines is 2. The van der Waals surface area contributed by atoms with Gasteiger partial charge in [0.1, 0.15) is 40.8 Å². The number of halogens is 1. The second-order valence-corrected chi connectivity index (χ2v) is 11.1. The van der Waals surface area contributed by atoms with E-state index in [9.17, 15) is 0 Å². The first-order valence-corrected chi connectivity index (χ1v) is 11.6. The van der Waals surface area contributed by atoms with Crippen LogP contribution in [0.2, 0.25) is 5.15 Å². The summed E-state index contributed by atoms with van der Waals surface area (Å²) in [6, 6.07) is 1.92. The van der Waals surface area contributed by atoms with Gasteiger partial charge in [0.15, 0.2) is 4.75 Å². The predicted molar refractivity (Wildman–Crippen MR) is 118 cm³/mol. The minimum atomic E-state index is -0.176. The van der Waals surface area contributed by atoms with E-state index in [1.807, 2.05) is 6.07 Å². The SMILES string of the molecule is C[S+](OCC1CN(Cc2nccc3c2CCO3)c2nc(N)nc(Cl)c21)C(C)(C)C. The molecule has 0 fully saturated rings. The average Bonchev–Trinajstić information content (AvgIpc) is 3.24. The van der Waals surface area contributed by atoms with Gasteiger partial charge in [-0.25, -0.2) is 4.98 Å². The number of rotatable bonds is 5. The zero-order chi connectivity index (χ0) is 20.8.